The van der Waals surface area contributed by atoms with E-state index in [0.717, 1.165) is 51.9 Å². The van der Waals surface area contributed by atoms with Crippen molar-refractivity contribution in [3.63, 3.8) is 0 Å². The number of nitrogens with one attached hydrogen (secondary N) is 1. The molecular formula is C22H36N4O. The molecule has 1 spiro atoms. The monoisotopic (exact) mass is 372 g/mol. The Bertz CT molecular complexity index is 637. The predicted molar refractivity (Wildman–Crippen MR) is 112 cm³/mol. The molecule has 2 heterocycles. The first kappa shape index (κ1) is 20.2. The minimum Gasteiger partial charge on any atom is -0.381 e. The summed E-state index contributed by atoms with van der Waals surface area (Å²) < 4.78 is 5.68. The van der Waals surface area contributed by atoms with Crippen LogP contribution in [0.2, 0.25) is 0 Å². The second-order valence-corrected chi connectivity index (χ2v) is 8.42. The van der Waals surface area contributed by atoms with Crippen molar-refractivity contribution < 1.29 is 4.74 Å². The highest BCUT2D eigenvalue weighted by atomic mass is 16.5. The zero-order chi connectivity index (χ0) is 19.3. The smallest absolute Gasteiger partial charge is 0.194 e. The number of guanidine groups is 1. The van der Waals surface area contributed by atoms with E-state index in [1.165, 1.54) is 24.0 Å². The van der Waals surface area contributed by atoms with E-state index in [1.807, 2.05) is 0 Å². The van der Waals surface area contributed by atoms with Crippen LogP contribution in [-0.4, -0.2) is 61.7 Å². The summed E-state index contributed by atoms with van der Waals surface area (Å²) in [5.41, 5.74) is 3.04. The van der Waals surface area contributed by atoms with Gasteiger partial charge >= 0.3 is 0 Å². The van der Waals surface area contributed by atoms with Crippen LogP contribution in [0.25, 0.3) is 0 Å². The summed E-state index contributed by atoms with van der Waals surface area (Å²) in [6.07, 6.45) is 2.40. The van der Waals surface area contributed by atoms with Crippen molar-refractivity contribution in [1.29, 1.82) is 0 Å². The largest absolute Gasteiger partial charge is 0.381 e. The topological polar surface area (TPSA) is 40.1 Å². The molecule has 1 atom stereocenters. The Balaban J connectivity index is 1.70. The van der Waals surface area contributed by atoms with Crippen molar-refractivity contribution in [3.05, 3.63) is 35.4 Å². The van der Waals surface area contributed by atoms with Gasteiger partial charge in [0.2, 0.25) is 0 Å². The number of nitrogens with zero attached hydrogens (tertiary/aromatic N) is 3. The van der Waals surface area contributed by atoms with Gasteiger partial charge in [0.15, 0.2) is 5.96 Å². The minimum atomic E-state index is 0.355. The molecule has 0 saturated carbocycles. The predicted octanol–water partition coefficient (Wildman–Crippen LogP) is 3.10. The normalized spacial score (nSPS) is 23.2. The molecule has 2 aliphatic rings. The summed E-state index contributed by atoms with van der Waals surface area (Å²) in [5.74, 6) is 1.05. The Hall–Kier alpha value is -1.59. The highest BCUT2D eigenvalue weighted by molar-refractivity contribution is 5.80. The standard InChI is InChI=1S/C22H36N4O/c1-5-23-21(26-12-10-22(16-26)11-13-27-17-22)24-14-19-8-6-7-9-20(19)15-25(4)18(2)3/h6-9,18H,5,10-17H2,1-4H3,(H,23,24). The number of hydrogen-bond donors (Lipinski definition) is 1. The summed E-state index contributed by atoms with van der Waals surface area (Å²) in [6.45, 7) is 13.2. The lowest BCUT2D eigenvalue weighted by Crippen LogP contribution is -2.41. The molecule has 5 nitrogen and oxygen atoms in total. The van der Waals surface area contributed by atoms with E-state index in [4.69, 9.17) is 9.73 Å². The molecule has 0 aromatic heterocycles. The lowest BCUT2D eigenvalue weighted by Gasteiger charge is -2.25. The van der Waals surface area contributed by atoms with Gasteiger partial charge in [-0.15, -0.1) is 0 Å². The van der Waals surface area contributed by atoms with Crippen LogP contribution in [0.4, 0.5) is 0 Å². The Labute approximate surface area is 164 Å². The van der Waals surface area contributed by atoms with Gasteiger partial charge in [-0.05, 0) is 51.8 Å². The lowest BCUT2D eigenvalue weighted by molar-refractivity contribution is 0.156. The van der Waals surface area contributed by atoms with Crippen LogP contribution in [0.3, 0.4) is 0 Å². The average Bonchev–Trinajstić information content (AvgIpc) is 3.29. The molecule has 2 saturated heterocycles. The molecule has 0 bridgehead atoms. The van der Waals surface area contributed by atoms with Crippen LogP contribution in [0.1, 0.15) is 44.7 Å². The average molecular weight is 373 g/mol. The first-order chi connectivity index (χ1) is 13.0. The van der Waals surface area contributed by atoms with E-state index in [9.17, 15) is 0 Å². The zero-order valence-corrected chi connectivity index (χ0v) is 17.5. The third kappa shape index (κ3) is 5.02. The maximum atomic E-state index is 5.68. The fourth-order valence-corrected chi connectivity index (χ4v) is 3.99. The van der Waals surface area contributed by atoms with Gasteiger partial charge in [0.25, 0.3) is 0 Å². The molecule has 150 valence electrons. The van der Waals surface area contributed by atoms with Crippen LogP contribution < -0.4 is 5.32 Å². The molecule has 1 aromatic carbocycles. The molecule has 5 heteroatoms. The van der Waals surface area contributed by atoms with Gasteiger partial charge in [-0.3, -0.25) is 4.90 Å². The van der Waals surface area contributed by atoms with Crippen molar-refractivity contribution in [2.45, 2.75) is 52.7 Å². The van der Waals surface area contributed by atoms with Crippen LogP contribution in [-0.2, 0) is 17.8 Å². The highest BCUT2D eigenvalue weighted by Gasteiger charge is 2.42. The first-order valence-corrected chi connectivity index (χ1v) is 10.4. The van der Waals surface area contributed by atoms with E-state index in [2.05, 4.69) is 67.2 Å². The Morgan fingerprint density at radius 2 is 2.07 bits per heavy atom. The maximum absolute atomic E-state index is 5.68. The number of benzene rings is 1. The second kappa shape index (κ2) is 9.07. The van der Waals surface area contributed by atoms with Gasteiger partial charge in [-0.25, -0.2) is 4.99 Å². The summed E-state index contributed by atoms with van der Waals surface area (Å²) in [5, 5.41) is 3.50. The van der Waals surface area contributed by atoms with Crippen LogP contribution >= 0.6 is 0 Å². The van der Waals surface area contributed by atoms with Gasteiger partial charge in [-0.2, -0.15) is 0 Å². The third-order valence-electron chi connectivity index (χ3n) is 6.08. The van der Waals surface area contributed by atoms with Gasteiger partial charge in [-0.1, -0.05) is 24.3 Å². The lowest BCUT2D eigenvalue weighted by atomic mass is 9.87. The van der Waals surface area contributed by atoms with E-state index in [-0.39, 0.29) is 0 Å². The molecule has 0 aliphatic carbocycles. The van der Waals surface area contributed by atoms with E-state index >= 15 is 0 Å². The number of likely N-dealkylation sites (tertiary alicyclic amines) is 1. The Kier molecular flexibility index (Phi) is 6.77. The van der Waals surface area contributed by atoms with Crippen LogP contribution in [0, 0.1) is 5.41 Å². The molecule has 3 rings (SSSR count). The summed E-state index contributed by atoms with van der Waals surface area (Å²) >= 11 is 0. The van der Waals surface area contributed by atoms with Gasteiger partial charge in [0, 0.05) is 44.2 Å². The summed E-state index contributed by atoms with van der Waals surface area (Å²) in [7, 11) is 2.18. The van der Waals surface area contributed by atoms with Gasteiger partial charge in [0.05, 0.1) is 13.2 Å². The maximum Gasteiger partial charge on any atom is 0.194 e. The fourth-order valence-electron chi connectivity index (χ4n) is 3.99. The number of rotatable bonds is 6. The number of hydrogen-bond acceptors (Lipinski definition) is 3. The zero-order valence-electron chi connectivity index (χ0n) is 17.5. The highest BCUT2D eigenvalue weighted by Crippen LogP contribution is 2.38. The van der Waals surface area contributed by atoms with E-state index in [0.29, 0.717) is 11.5 Å². The summed E-state index contributed by atoms with van der Waals surface area (Å²) in [6, 6.07) is 9.24. The Morgan fingerprint density at radius 1 is 1.30 bits per heavy atom. The van der Waals surface area contributed by atoms with Crippen LogP contribution in [0.15, 0.2) is 29.3 Å². The second-order valence-electron chi connectivity index (χ2n) is 8.42. The van der Waals surface area contributed by atoms with E-state index in [1.54, 1.807) is 0 Å². The molecule has 2 aliphatic heterocycles. The minimum absolute atomic E-state index is 0.355. The van der Waals surface area contributed by atoms with Gasteiger partial charge < -0.3 is 15.0 Å². The van der Waals surface area contributed by atoms with E-state index < -0.39 is 0 Å². The van der Waals surface area contributed by atoms with Crippen molar-refractivity contribution >= 4 is 5.96 Å². The molecule has 1 aromatic rings. The molecule has 27 heavy (non-hydrogen) atoms. The van der Waals surface area contributed by atoms with Crippen LogP contribution in [0.5, 0.6) is 0 Å². The molecule has 2 fully saturated rings. The van der Waals surface area contributed by atoms with Crippen molar-refractivity contribution in [2.24, 2.45) is 10.4 Å². The number of ether oxygens (including phenoxy) is 1. The molecule has 1 N–H and O–H groups in total. The van der Waals surface area contributed by atoms with Crippen molar-refractivity contribution in [1.82, 2.24) is 15.1 Å². The third-order valence-corrected chi connectivity index (χ3v) is 6.08. The summed E-state index contributed by atoms with van der Waals surface area (Å²) in [4.78, 5) is 9.81. The quantitative estimate of drug-likeness (QED) is 0.615. The molecule has 1 unspecified atom stereocenters. The Morgan fingerprint density at radius 3 is 2.74 bits per heavy atom. The molecule has 0 amide bonds. The number of aliphatic imine (C=N–C) groups is 1. The van der Waals surface area contributed by atoms with Crippen molar-refractivity contribution in [3.8, 4) is 0 Å². The fraction of sp³-hybridized carbons (Fsp3) is 0.682. The van der Waals surface area contributed by atoms with Gasteiger partial charge in [0.1, 0.15) is 0 Å². The van der Waals surface area contributed by atoms with Crippen molar-refractivity contribution in [2.75, 3.05) is 39.9 Å². The molecule has 0 radical (unpaired) electrons. The SMILES string of the molecule is CCNC(=NCc1ccccc1CN(C)C(C)C)N1CCC2(CCOC2)C1. The molecular weight excluding hydrogens is 336 g/mol. The first-order valence-electron chi connectivity index (χ1n) is 10.4.